The predicted molar refractivity (Wildman–Crippen MR) is 58.3 cm³/mol. The number of ether oxygens (including phenoxy) is 1. The third kappa shape index (κ3) is 5.97. The molecule has 0 aromatic heterocycles. The smallest absolute Gasteiger partial charge is 0.307 e. The molecule has 0 aromatic rings. The van der Waals surface area contributed by atoms with Crippen molar-refractivity contribution in [3.05, 3.63) is 0 Å². The molecule has 0 bridgehead atoms. The lowest BCUT2D eigenvalue weighted by Gasteiger charge is -2.23. The highest BCUT2D eigenvalue weighted by atomic mass is 16.5. The summed E-state index contributed by atoms with van der Waals surface area (Å²) in [6.07, 6.45) is 4.19. The van der Waals surface area contributed by atoms with E-state index in [0.717, 1.165) is 6.54 Å². The highest BCUT2D eigenvalue weighted by Gasteiger charge is 2.13. The maximum Gasteiger partial charge on any atom is 0.307 e. The molecular formula is C11H23NO2. The number of nitrogens with zero attached hydrogens (tertiary/aromatic N) is 1. The summed E-state index contributed by atoms with van der Waals surface area (Å²) in [7, 11) is 3.50. The van der Waals surface area contributed by atoms with Gasteiger partial charge in [-0.1, -0.05) is 19.8 Å². The van der Waals surface area contributed by atoms with E-state index < -0.39 is 0 Å². The zero-order valence-electron chi connectivity index (χ0n) is 9.88. The van der Waals surface area contributed by atoms with Crippen LogP contribution >= 0.6 is 0 Å². The van der Waals surface area contributed by atoms with Crippen molar-refractivity contribution in [3.63, 3.8) is 0 Å². The van der Waals surface area contributed by atoms with Crippen molar-refractivity contribution in [1.82, 2.24) is 4.90 Å². The maximum atomic E-state index is 11.0. The molecule has 3 nitrogen and oxygen atoms in total. The van der Waals surface area contributed by atoms with Crippen molar-refractivity contribution in [2.24, 2.45) is 0 Å². The van der Waals surface area contributed by atoms with E-state index in [1.54, 1.807) is 0 Å². The Balaban J connectivity index is 3.64. The van der Waals surface area contributed by atoms with Gasteiger partial charge in [0.05, 0.1) is 13.5 Å². The van der Waals surface area contributed by atoms with Gasteiger partial charge in [-0.25, -0.2) is 0 Å². The lowest BCUT2D eigenvalue weighted by Crippen LogP contribution is -2.32. The Morgan fingerprint density at radius 3 is 2.57 bits per heavy atom. The first-order valence-corrected chi connectivity index (χ1v) is 5.38. The van der Waals surface area contributed by atoms with Crippen molar-refractivity contribution >= 4 is 5.97 Å². The van der Waals surface area contributed by atoms with Crippen molar-refractivity contribution in [2.45, 2.75) is 45.6 Å². The lowest BCUT2D eigenvalue weighted by atomic mass is 10.2. The van der Waals surface area contributed by atoms with Crippen molar-refractivity contribution in [3.8, 4) is 0 Å². The minimum atomic E-state index is -0.125. The van der Waals surface area contributed by atoms with Gasteiger partial charge in [0.25, 0.3) is 0 Å². The SMILES string of the molecule is CCCCCN(C)C(C)CC(=O)OC. The molecule has 0 aliphatic carbocycles. The van der Waals surface area contributed by atoms with Crippen molar-refractivity contribution < 1.29 is 9.53 Å². The van der Waals surface area contributed by atoms with E-state index in [4.69, 9.17) is 0 Å². The Kier molecular flexibility index (Phi) is 7.48. The molecule has 0 saturated carbocycles. The molecule has 1 atom stereocenters. The van der Waals surface area contributed by atoms with Gasteiger partial charge in [-0.3, -0.25) is 4.79 Å². The zero-order chi connectivity index (χ0) is 11.0. The second-order valence-corrected chi connectivity index (χ2v) is 3.82. The number of carbonyl (C=O) groups is 1. The minimum absolute atomic E-state index is 0.125. The fourth-order valence-electron chi connectivity index (χ4n) is 1.31. The van der Waals surface area contributed by atoms with E-state index in [-0.39, 0.29) is 12.0 Å². The summed E-state index contributed by atoms with van der Waals surface area (Å²) in [4.78, 5) is 13.2. The molecule has 0 spiro atoms. The van der Waals surface area contributed by atoms with Gasteiger partial charge < -0.3 is 9.64 Å². The van der Waals surface area contributed by atoms with E-state index >= 15 is 0 Å². The van der Waals surface area contributed by atoms with Crippen LogP contribution in [0.1, 0.15) is 39.5 Å². The Labute approximate surface area is 87.4 Å². The van der Waals surface area contributed by atoms with Crippen LogP contribution in [0.3, 0.4) is 0 Å². The molecule has 0 N–H and O–H groups in total. The average molecular weight is 201 g/mol. The molecule has 0 amide bonds. The molecule has 0 aliphatic heterocycles. The van der Waals surface area contributed by atoms with E-state index in [2.05, 4.69) is 30.5 Å². The van der Waals surface area contributed by atoms with Crippen LogP contribution in [-0.2, 0) is 9.53 Å². The van der Waals surface area contributed by atoms with Gasteiger partial charge in [0.2, 0.25) is 0 Å². The molecule has 0 rings (SSSR count). The highest BCUT2D eigenvalue weighted by Crippen LogP contribution is 2.04. The van der Waals surface area contributed by atoms with Crippen molar-refractivity contribution in [2.75, 3.05) is 20.7 Å². The number of esters is 1. The van der Waals surface area contributed by atoms with E-state index in [0.29, 0.717) is 6.42 Å². The molecule has 0 aliphatic rings. The fourth-order valence-corrected chi connectivity index (χ4v) is 1.31. The summed E-state index contributed by atoms with van der Waals surface area (Å²) in [5.41, 5.74) is 0. The topological polar surface area (TPSA) is 29.5 Å². The van der Waals surface area contributed by atoms with Crippen LogP contribution in [0.4, 0.5) is 0 Å². The number of unbranched alkanes of at least 4 members (excludes halogenated alkanes) is 2. The molecule has 0 radical (unpaired) electrons. The molecular weight excluding hydrogens is 178 g/mol. The molecule has 0 fully saturated rings. The Hall–Kier alpha value is -0.570. The van der Waals surface area contributed by atoms with E-state index in [9.17, 15) is 4.79 Å². The van der Waals surface area contributed by atoms with Crippen LogP contribution < -0.4 is 0 Å². The van der Waals surface area contributed by atoms with Crippen LogP contribution in [0, 0.1) is 0 Å². The van der Waals surface area contributed by atoms with Gasteiger partial charge in [-0.05, 0) is 26.9 Å². The van der Waals surface area contributed by atoms with Crippen molar-refractivity contribution in [1.29, 1.82) is 0 Å². The summed E-state index contributed by atoms with van der Waals surface area (Å²) in [6, 6.07) is 0.277. The molecule has 84 valence electrons. The summed E-state index contributed by atoms with van der Waals surface area (Å²) in [6.45, 7) is 5.31. The van der Waals surface area contributed by atoms with Crippen LogP contribution in [0.2, 0.25) is 0 Å². The van der Waals surface area contributed by atoms with Crippen LogP contribution in [0.15, 0.2) is 0 Å². The summed E-state index contributed by atoms with van der Waals surface area (Å²) in [5.74, 6) is -0.125. The predicted octanol–water partition coefficient (Wildman–Crippen LogP) is 2.06. The summed E-state index contributed by atoms with van der Waals surface area (Å²) >= 11 is 0. The van der Waals surface area contributed by atoms with Gasteiger partial charge in [0.15, 0.2) is 0 Å². The standard InChI is InChI=1S/C11H23NO2/c1-5-6-7-8-12(3)10(2)9-11(13)14-4/h10H,5-9H2,1-4H3. The number of carbonyl (C=O) groups excluding carboxylic acids is 1. The van der Waals surface area contributed by atoms with Gasteiger partial charge in [0, 0.05) is 6.04 Å². The minimum Gasteiger partial charge on any atom is -0.469 e. The average Bonchev–Trinajstić information content (AvgIpc) is 2.17. The van der Waals surface area contributed by atoms with Gasteiger partial charge in [-0.15, -0.1) is 0 Å². The number of rotatable bonds is 7. The Bertz CT molecular complexity index is 159. The molecule has 1 unspecified atom stereocenters. The Morgan fingerprint density at radius 1 is 1.43 bits per heavy atom. The highest BCUT2D eigenvalue weighted by molar-refractivity contribution is 5.69. The van der Waals surface area contributed by atoms with Gasteiger partial charge in [0.1, 0.15) is 0 Å². The second kappa shape index (κ2) is 7.80. The molecule has 0 saturated heterocycles. The fraction of sp³-hybridized carbons (Fsp3) is 0.909. The largest absolute Gasteiger partial charge is 0.469 e. The molecule has 3 heteroatoms. The van der Waals surface area contributed by atoms with E-state index in [1.807, 2.05) is 0 Å². The van der Waals surface area contributed by atoms with Gasteiger partial charge in [-0.2, -0.15) is 0 Å². The number of hydrogen-bond acceptors (Lipinski definition) is 3. The molecule has 0 aromatic carbocycles. The monoisotopic (exact) mass is 201 g/mol. The summed E-state index contributed by atoms with van der Waals surface area (Å²) < 4.78 is 4.63. The third-order valence-electron chi connectivity index (χ3n) is 2.56. The lowest BCUT2D eigenvalue weighted by molar-refractivity contribution is -0.141. The van der Waals surface area contributed by atoms with Gasteiger partial charge >= 0.3 is 5.97 Å². The summed E-state index contributed by atoms with van der Waals surface area (Å²) in [5, 5.41) is 0. The third-order valence-corrected chi connectivity index (χ3v) is 2.56. The Morgan fingerprint density at radius 2 is 2.07 bits per heavy atom. The molecule has 0 heterocycles. The van der Waals surface area contributed by atoms with Crippen LogP contribution in [-0.4, -0.2) is 37.6 Å². The number of methoxy groups -OCH3 is 1. The number of hydrogen-bond donors (Lipinski definition) is 0. The van der Waals surface area contributed by atoms with E-state index in [1.165, 1.54) is 26.4 Å². The van der Waals surface area contributed by atoms with Crippen LogP contribution in [0.25, 0.3) is 0 Å². The second-order valence-electron chi connectivity index (χ2n) is 3.82. The van der Waals surface area contributed by atoms with Crippen LogP contribution in [0.5, 0.6) is 0 Å². The zero-order valence-corrected chi connectivity index (χ0v) is 9.88. The maximum absolute atomic E-state index is 11.0. The first kappa shape index (κ1) is 13.4. The normalized spacial score (nSPS) is 12.9. The molecule has 14 heavy (non-hydrogen) atoms. The quantitative estimate of drug-likeness (QED) is 0.466. The first-order chi connectivity index (χ1) is 6.61. The first-order valence-electron chi connectivity index (χ1n) is 5.38.